The van der Waals surface area contributed by atoms with Crippen LogP contribution in [0.25, 0.3) is 6.08 Å². The van der Waals surface area contributed by atoms with E-state index in [2.05, 4.69) is 0 Å². The summed E-state index contributed by atoms with van der Waals surface area (Å²) >= 11 is 0. The molecule has 146 valence electrons. The summed E-state index contributed by atoms with van der Waals surface area (Å²) < 4.78 is 18.5. The maximum absolute atomic E-state index is 13.4. The summed E-state index contributed by atoms with van der Waals surface area (Å²) in [6.45, 7) is 0.844. The number of furan rings is 1. The molecule has 1 aliphatic heterocycles. The van der Waals surface area contributed by atoms with Crippen molar-refractivity contribution in [2.45, 2.75) is 6.04 Å². The molecular weight excluding hydrogens is 363 g/mol. The van der Waals surface area contributed by atoms with Gasteiger partial charge in [0.15, 0.2) is 11.5 Å². The molecule has 0 saturated carbocycles. The zero-order valence-electron chi connectivity index (χ0n) is 15.6. The van der Waals surface area contributed by atoms with Crippen LogP contribution in [0.2, 0.25) is 0 Å². The van der Waals surface area contributed by atoms with Crippen LogP contribution in [0.3, 0.4) is 0 Å². The van der Waals surface area contributed by atoms with Crippen LogP contribution in [-0.4, -0.2) is 53.8 Å². The van der Waals surface area contributed by atoms with Crippen molar-refractivity contribution >= 4 is 17.8 Å². The van der Waals surface area contributed by atoms with Crippen LogP contribution >= 0.6 is 0 Å². The number of likely N-dealkylation sites (N-methyl/N-ethyl adjacent to an activating group) is 1. The number of rotatable bonds is 7. The Kier molecular flexibility index (Phi) is 5.75. The van der Waals surface area contributed by atoms with Gasteiger partial charge in [0.05, 0.1) is 17.9 Å². The average molecular weight is 384 g/mol. The lowest BCUT2D eigenvalue weighted by Crippen LogP contribution is -2.36. The summed E-state index contributed by atoms with van der Waals surface area (Å²) in [6.07, 6.45) is 4.20. The van der Waals surface area contributed by atoms with Gasteiger partial charge in [0.25, 0.3) is 5.91 Å². The second-order valence-electron chi connectivity index (χ2n) is 6.73. The molecular formula is C21H21FN2O4. The second kappa shape index (κ2) is 8.22. The molecule has 0 saturated heterocycles. The highest BCUT2D eigenvalue weighted by Crippen LogP contribution is 2.37. The van der Waals surface area contributed by atoms with Gasteiger partial charge in [-0.2, -0.15) is 0 Å². The van der Waals surface area contributed by atoms with Crippen molar-refractivity contribution in [3.63, 3.8) is 0 Å². The SMILES string of the molecule is CN(C)CCN1C(=O)C(O)=C(C(=O)/C=C/c2ccco2)C1c1ccc(F)cc1. The molecule has 1 amide bonds. The molecule has 0 aliphatic carbocycles. The van der Waals surface area contributed by atoms with Gasteiger partial charge in [0.2, 0.25) is 0 Å². The van der Waals surface area contributed by atoms with Gasteiger partial charge in [-0.25, -0.2) is 4.39 Å². The van der Waals surface area contributed by atoms with Crippen molar-refractivity contribution < 1.29 is 23.5 Å². The number of aliphatic hydroxyl groups excluding tert-OH is 1. The molecule has 3 rings (SSSR count). The summed E-state index contributed by atoms with van der Waals surface area (Å²) in [5.41, 5.74) is 0.519. The van der Waals surface area contributed by atoms with Crippen LogP contribution in [0, 0.1) is 5.82 Å². The lowest BCUT2D eigenvalue weighted by molar-refractivity contribution is -0.129. The van der Waals surface area contributed by atoms with Crippen LogP contribution in [0.5, 0.6) is 0 Å². The Labute approximate surface area is 162 Å². The highest BCUT2D eigenvalue weighted by Gasteiger charge is 2.42. The third kappa shape index (κ3) is 4.04. The molecule has 0 spiro atoms. The summed E-state index contributed by atoms with van der Waals surface area (Å²) in [7, 11) is 3.72. The predicted molar refractivity (Wildman–Crippen MR) is 102 cm³/mol. The summed E-state index contributed by atoms with van der Waals surface area (Å²) in [4.78, 5) is 28.8. The van der Waals surface area contributed by atoms with Crippen LogP contribution in [-0.2, 0) is 9.59 Å². The van der Waals surface area contributed by atoms with E-state index in [1.807, 2.05) is 19.0 Å². The largest absolute Gasteiger partial charge is 0.503 e. The number of amides is 1. The number of allylic oxidation sites excluding steroid dienone is 1. The molecule has 6 nitrogen and oxygen atoms in total. The fourth-order valence-corrected chi connectivity index (χ4v) is 3.07. The normalized spacial score (nSPS) is 17.4. The molecule has 0 fully saturated rings. The molecule has 1 atom stereocenters. The van der Waals surface area contributed by atoms with Crippen molar-refractivity contribution in [3.8, 4) is 0 Å². The Bertz CT molecular complexity index is 914. The average Bonchev–Trinajstić information content (AvgIpc) is 3.26. The lowest BCUT2D eigenvalue weighted by Gasteiger charge is -2.27. The van der Waals surface area contributed by atoms with Gasteiger partial charge in [0, 0.05) is 13.1 Å². The van der Waals surface area contributed by atoms with Gasteiger partial charge in [-0.15, -0.1) is 0 Å². The minimum Gasteiger partial charge on any atom is -0.503 e. The maximum atomic E-state index is 13.4. The highest BCUT2D eigenvalue weighted by atomic mass is 19.1. The number of hydrogen-bond acceptors (Lipinski definition) is 5. The Morgan fingerprint density at radius 2 is 2.00 bits per heavy atom. The minimum absolute atomic E-state index is 0.0295. The molecule has 28 heavy (non-hydrogen) atoms. The first-order chi connectivity index (χ1) is 13.4. The first-order valence-electron chi connectivity index (χ1n) is 8.78. The molecule has 1 N–H and O–H groups in total. The van der Waals surface area contributed by atoms with Gasteiger partial charge in [0.1, 0.15) is 11.6 Å². The lowest BCUT2D eigenvalue weighted by atomic mass is 9.95. The van der Waals surface area contributed by atoms with Crippen molar-refractivity contribution in [1.29, 1.82) is 0 Å². The van der Waals surface area contributed by atoms with Crippen molar-refractivity contribution in [1.82, 2.24) is 9.80 Å². The van der Waals surface area contributed by atoms with E-state index in [1.54, 1.807) is 12.1 Å². The van der Waals surface area contributed by atoms with Crippen LogP contribution in [0.4, 0.5) is 4.39 Å². The van der Waals surface area contributed by atoms with Gasteiger partial charge in [-0.3, -0.25) is 9.59 Å². The summed E-state index contributed by atoms with van der Waals surface area (Å²) in [5, 5.41) is 10.4. The third-order valence-electron chi connectivity index (χ3n) is 4.49. The third-order valence-corrected chi connectivity index (χ3v) is 4.49. The fraction of sp³-hybridized carbons (Fsp3) is 0.238. The fourth-order valence-electron chi connectivity index (χ4n) is 3.07. The summed E-state index contributed by atoms with van der Waals surface area (Å²) in [5.74, 6) is -1.66. The number of carbonyl (C=O) groups excluding carboxylic acids is 2. The Balaban J connectivity index is 1.97. The molecule has 0 radical (unpaired) electrons. The van der Waals surface area contributed by atoms with Crippen LogP contribution in [0.1, 0.15) is 17.4 Å². The van der Waals surface area contributed by atoms with Crippen molar-refractivity contribution in [2.75, 3.05) is 27.2 Å². The molecule has 1 aromatic carbocycles. The van der Waals surface area contributed by atoms with E-state index in [0.29, 0.717) is 24.4 Å². The quantitative estimate of drug-likeness (QED) is 0.743. The van der Waals surface area contributed by atoms with E-state index in [0.717, 1.165) is 0 Å². The van der Waals surface area contributed by atoms with E-state index >= 15 is 0 Å². The number of halogens is 1. The van der Waals surface area contributed by atoms with E-state index < -0.39 is 29.3 Å². The van der Waals surface area contributed by atoms with E-state index in [-0.39, 0.29) is 5.57 Å². The van der Waals surface area contributed by atoms with Gasteiger partial charge in [-0.05, 0) is 56.1 Å². The number of ketones is 1. The smallest absolute Gasteiger partial charge is 0.290 e. The standard InChI is InChI=1S/C21H21FN2O4/c1-23(2)11-12-24-19(14-5-7-15(22)8-6-14)18(20(26)21(24)27)17(25)10-9-16-4-3-13-28-16/h3-10,13,19,26H,11-12H2,1-2H3/b10-9+. The molecule has 2 heterocycles. The van der Waals surface area contributed by atoms with E-state index in [4.69, 9.17) is 4.42 Å². The molecule has 2 aromatic rings. The summed E-state index contributed by atoms with van der Waals surface area (Å²) in [6, 6.07) is 8.13. The molecule has 7 heteroatoms. The van der Waals surface area contributed by atoms with Gasteiger partial charge >= 0.3 is 0 Å². The molecule has 1 aromatic heterocycles. The van der Waals surface area contributed by atoms with E-state index in [1.165, 1.54) is 47.6 Å². The Morgan fingerprint density at radius 1 is 1.29 bits per heavy atom. The number of hydrogen-bond donors (Lipinski definition) is 1. The molecule has 1 aliphatic rings. The maximum Gasteiger partial charge on any atom is 0.290 e. The minimum atomic E-state index is -0.790. The first kappa shape index (κ1) is 19.6. The first-order valence-corrected chi connectivity index (χ1v) is 8.78. The van der Waals surface area contributed by atoms with Gasteiger partial charge in [-0.1, -0.05) is 12.1 Å². The highest BCUT2D eigenvalue weighted by molar-refractivity contribution is 6.14. The van der Waals surface area contributed by atoms with Crippen LogP contribution < -0.4 is 0 Å². The Hall–Kier alpha value is -3.19. The number of carbonyl (C=O) groups is 2. The number of nitrogens with zero attached hydrogens (tertiary/aromatic N) is 2. The van der Waals surface area contributed by atoms with Crippen LogP contribution in [0.15, 0.2) is 64.5 Å². The number of benzene rings is 1. The molecule has 1 unspecified atom stereocenters. The second-order valence-corrected chi connectivity index (χ2v) is 6.73. The number of aliphatic hydroxyl groups is 1. The zero-order valence-corrected chi connectivity index (χ0v) is 15.6. The Morgan fingerprint density at radius 3 is 2.61 bits per heavy atom. The zero-order chi connectivity index (χ0) is 20.3. The van der Waals surface area contributed by atoms with Gasteiger partial charge < -0.3 is 19.3 Å². The monoisotopic (exact) mass is 384 g/mol. The van der Waals surface area contributed by atoms with Crippen molar-refractivity contribution in [3.05, 3.63) is 77.2 Å². The topological polar surface area (TPSA) is 74.0 Å². The van der Waals surface area contributed by atoms with Crippen molar-refractivity contribution in [2.24, 2.45) is 0 Å². The molecule has 0 bridgehead atoms. The van der Waals surface area contributed by atoms with E-state index in [9.17, 15) is 19.1 Å². The predicted octanol–water partition coefficient (Wildman–Crippen LogP) is 2.96.